The van der Waals surface area contributed by atoms with Crippen LogP contribution in [0.25, 0.3) is 0 Å². The Kier molecular flexibility index (Phi) is 4.53. The molecule has 0 radical (unpaired) electrons. The highest BCUT2D eigenvalue weighted by Crippen LogP contribution is 2.15. The number of morpholine rings is 1. The summed E-state index contributed by atoms with van der Waals surface area (Å²) in [6.45, 7) is 4.45. The van der Waals surface area contributed by atoms with E-state index in [0.717, 1.165) is 26.1 Å². The molecule has 2 N–H and O–H groups in total. The standard InChI is InChI=1S/C16H23N3O2/c17-14-6-7-19(11-14)16(20)15-12-18(8-9-21-15)10-13-4-2-1-3-5-13/h1-5,14-15H,6-12,17H2/t14-,15?/m1/s1. The molecule has 0 aromatic heterocycles. The molecular formula is C16H23N3O2. The van der Waals surface area contributed by atoms with E-state index < -0.39 is 0 Å². The van der Waals surface area contributed by atoms with Gasteiger partial charge in [-0.2, -0.15) is 0 Å². The van der Waals surface area contributed by atoms with Crippen molar-refractivity contribution in [3.63, 3.8) is 0 Å². The van der Waals surface area contributed by atoms with E-state index in [-0.39, 0.29) is 18.1 Å². The van der Waals surface area contributed by atoms with E-state index in [1.807, 2.05) is 23.1 Å². The van der Waals surface area contributed by atoms with Gasteiger partial charge < -0.3 is 15.4 Å². The van der Waals surface area contributed by atoms with Crippen molar-refractivity contribution in [1.29, 1.82) is 0 Å². The number of hydrogen-bond donors (Lipinski definition) is 1. The lowest BCUT2D eigenvalue weighted by Crippen LogP contribution is -2.50. The lowest BCUT2D eigenvalue weighted by Gasteiger charge is -2.34. The van der Waals surface area contributed by atoms with Gasteiger partial charge in [0.25, 0.3) is 5.91 Å². The van der Waals surface area contributed by atoms with Crippen LogP contribution in [0.3, 0.4) is 0 Å². The second-order valence-electron chi connectivity index (χ2n) is 5.91. The van der Waals surface area contributed by atoms with Gasteiger partial charge >= 0.3 is 0 Å². The Morgan fingerprint density at radius 3 is 2.76 bits per heavy atom. The molecule has 5 nitrogen and oxygen atoms in total. The fourth-order valence-corrected chi connectivity index (χ4v) is 3.03. The zero-order valence-corrected chi connectivity index (χ0v) is 12.3. The van der Waals surface area contributed by atoms with Crippen molar-refractivity contribution in [1.82, 2.24) is 9.80 Å². The van der Waals surface area contributed by atoms with E-state index in [0.29, 0.717) is 19.7 Å². The van der Waals surface area contributed by atoms with Gasteiger partial charge in [-0.25, -0.2) is 0 Å². The average molecular weight is 289 g/mol. The average Bonchev–Trinajstić information content (AvgIpc) is 2.94. The minimum absolute atomic E-state index is 0.0979. The molecule has 1 aromatic rings. The molecule has 2 atom stereocenters. The topological polar surface area (TPSA) is 58.8 Å². The molecule has 1 amide bonds. The highest BCUT2D eigenvalue weighted by atomic mass is 16.5. The van der Waals surface area contributed by atoms with Crippen LogP contribution in [0.15, 0.2) is 30.3 Å². The molecular weight excluding hydrogens is 266 g/mol. The van der Waals surface area contributed by atoms with Gasteiger partial charge in [0.1, 0.15) is 6.10 Å². The molecule has 0 aliphatic carbocycles. The molecule has 0 spiro atoms. The molecule has 0 saturated carbocycles. The summed E-state index contributed by atoms with van der Waals surface area (Å²) in [5, 5.41) is 0. The van der Waals surface area contributed by atoms with Crippen LogP contribution < -0.4 is 5.73 Å². The van der Waals surface area contributed by atoms with Crippen LogP contribution in [0.2, 0.25) is 0 Å². The molecule has 0 bridgehead atoms. The summed E-state index contributed by atoms with van der Waals surface area (Å²) in [5.74, 6) is 0.0979. The van der Waals surface area contributed by atoms with E-state index in [4.69, 9.17) is 10.5 Å². The van der Waals surface area contributed by atoms with Gasteiger partial charge in [0.2, 0.25) is 0 Å². The molecule has 1 unspecified atom stereocenters. The summed E-state index contributed by atoms with van der Waals surface area (Å²) >= 11 is 0. The van der Waals surface area contributed by atoms with Crippen molar-refractivity contribution in [2.75, 3.05) is 32.8 Å². The third-order valence-corrected chi connectivity index (χ3v) is 4.21. The smallest absolute Gasteiger partial charge is 0.253 e. The van der Waals surface area contributed by atoms with Crippen molar-refractivity contribution in [2.24, 2.45) is 5.73 Å². The summed E-state index contributed by atoms with van der Waals surface area (Å²) < 4.78 is 5.68. The number of rotatable bonds is 3. The molecule has 3 rings (SSSR count). The third kappa shape index (κ3) is 3.61. The number of carbonyl (C=O) groups excluding carboxylic acids is 1. The van der Waals surface area contributed by atoms with Crippen molar-refractivity contribution < 1.29 is 9.53 Å². The van der Waals surface area contributed by atoms with Gasteiger partial charge in [0, 0.05) is 38.8 Å². The maximum atomic E-state index is 12.5. The van der Waals surface area contributed by atoms with Crippen LogP contribution in [0, 0.1) is 0 Å². The molecule has 2 heterocycles. The van der Waals surface area contributed by atoms with Crippen molar-refractivity contribution in [3.8, 4) is 0 Å². The summed E-state index contributed by atoms with van der Waals surface area (Å²) in [6, 6.07) is 10.5. The molecule has 5 heteroatoms. The molecule has 2 aliphatic rings. The van der Waals surface area contributed by atoms with Crippen LogP contribution in [0.1, 0.15) is 12.0 Å². The van der Waals surface area contributed by atoms with Crippen molar-refractivity contribution in [3.05, 3.63) is 35.9 Å². The summed E-state index contributed by atoms with van der Waals surface area (Å²) in [6.07, 6.45) is 0.555. The third-order valence-electron chi connectivity index (χ3n) is 4.21. The first-order valence-corrected chi connectivity index (χ1v) is 7.64. The SMILES string of the molecule is N[C@@H]1CCN(C(=O)C2CN(Cc3ccccc3)CCO2)C1. The van der Waals surface area contributed by atoms with Crippen LogP contribution in [0.4, 0.5) is 0 Å². The molecule has 21 heavy (non-hydrogen) atoms. The van der Waals surface area contributed by atoms with Crippen LogP contribution in [-0.4, -0.2) is 60.6 Å². The Bertz CT molecular complexity index is 480. The number of nitrogens with zero attached hydrogens (tertiary/aromatic N) is 2. The van der Waals surface area contributed by atoms with E-state index in [1.165, 1.54) is 5.56 Å². The summed E-state index contributed by atoms with van der Waals surface area (Å²) in [5.41, 5.74) is 7.15. The minimum Gasteiger partial charge on any atom is -0.366 e. The van der Waals surface area contributed by atoms with Gasteiger partial charge in [0.05, 0.1) is 6.61 Å². The van der Waals surface area contributed by atoms with E-state index in [1.54, 1.807) is 0 Å². The Morgan fingerprint density at radius 1 is 1.24 bits per heavy atom. The predicted octanol–water partition coefficient (Wildman–Crippen LogP) is 0.447. The van der Waals surface area contributed by atoms with Gasteiger partial charge in [-0.15, -0.1) is 0 Å². The summed E-state index contributed by atoms with van der Waals surface area (Å²) in [7, 11) is 0. The van der Waals surface area contributed by atoms with Crippen LogP contribution >= 0.6 is 0 Å². The number of ether oxygens (including phenoxy) is 1. The largest absolute Gasteiger partial charge is 0.366 e. The highest BCUT2D eigenvalue weighted by molar-refractivity contribution is 5.81. The first-order chi connectivity index (χ1) is 10.2. The van der Waals surface area contributed by atoms with E-state index in [2.05, 4.69) is 17.0 Å². The first kappa shape index (κ1) is 14.5. The Morgan fingerprint density at radius 2 is 2.05 bits per heavy atom. The number of hydrogen-bond acceptors (Lipinski definition) is 4. The monoisotopic (exact) mass is 289 g/mol. The normalized spacial score (nSPS) is 27.0. The van der Waals surface area contributed by atoms with Crippen LogP contribution in [0.5, 0.6) is 0 Å². The number of nitrogens with two attached hydrogens (primary N) is 1. The molecule has 2 fully saturated rings. The van der Waals surface area contributed by atoms with Gasteiger partial charge in [-0.1, -0.05) is 30.3 Å². The summed E-state index contributed by atoms with van der Waals surface area (Å²) in [4.78, 5) is 16.6. The number of benzene rings is 1. The van der Waals surface area contributed by atoms with E-state index in [9.17, 15) is 4.79 Å². The second-order valence-corrected chi connectivity index (χ2v) is 5.91. The number of amides is 1. The molecule has 2 aliphatic heterocycles. The fourth-order valence-electron chi connectivity index (χ4n) is 3.03. The second kappa shape index (κ2) is 6.56. The molecule has 114 valence electrons. The Balaban J connectivity index is 1.57. The zero-order chi connectivity index (χ0) is 14.7. The predicted molar refractivity (Wildman–Crippen MR) is 80.6 cm³/mol. The van der Waals surface area contributed by atoms with Gasteiger partial charge in [-0.05, 0) is 12.0 Å². The Labute approximate surface area is 125 Å². The van der Waals surface area contributed by atoms with Crippen LogP contribution in [-0.2, 0) is 16.1 Å². The lowest BCUT2D eigenvalue weighted by molar-refractivity contribution is -0.148. The fraction of sp³-hybridized carbons (Fsp3) is 0.562. The quantitative estimate of drug-likeness (QED) is 0.877. The maximum absolute atomic E-state index is 12.5. The van der Waals surface area contributed by atoms with Gasteiger partial charge in [0.15, 0.2) is 0 Å². The maximum Gasteiger partial charge on any atom is 0.253 e. The number of likely N-dealkylation sites (tertiary alicyclic amines) is 1. The lowest BCUT2D eigenvalue weighted by atomic mass is 10.2. The van der Waals surface area contributed by atoms with E-state index >= 15 is 0 Å². The zero-order valence-electron chi connectivity index (χ0n) is 12.3. The van der Waals surface area contributed by atoms with Crippen molar-refractivity contribution in [2.45, 2.75) is 25.1 Å². The van der Waals surface area contributed by atoms with Gasteiger partial charge in [-0.3, -0.25) is 9.69 Å². The Hall–Kier alpha value is -1.43. The van der Waals surface area contributed by atoms with Crippen molar-refractivity contribution >= 4 is 5.91 Å². The first-order valence-electron chi connectivity index (χ1n) is 7.64. The minimum atomic E-state index is -0.340. The highest BCUT2D eigenvalue weighted by Gasteiger charge is 2.33. The molecule has 1 aromatic carbocycles. The molecule has 2 saturated heterocycles. The number of carbonyl (C=O) groups is 1.